The Morgan fingerprint density at radius 1 is 1.44 bits per heavy atom. The number of amides is 1. The largest absolute Gasteiger partial charge is 0.396 e. The monoisotopic (exact) mass is 306 g/mol. The summed E-state index contributed by atoms with van der Waals surface area (Å²) in [6, 6.07) is 3.01. The van der Waals surface area contributed by atoms with Crippen molar-refractivity contribution in [3.63, 3.8) is 0 Å². The lowest BCUT2D eigenvalue weighted by atomic mass is 10.0. The summed E-state index contributed by atoms with van der Waals surface area (Å²) < 4.78 is 0. The number of thioether (sulfide) groups is 1. The first kappa shape index (κ1) is 13.8. The van der Waals surface area contributed by atoms with Gasteiger partial charge in [0.05, 0.1) is 15.7 Å². The molecule has 1 amide bonds. The zero-order valence-corrected chi connectivity index (χ0v) is 11.7. The molecular weight excluding hydrogens is 295 g/mol. The summed E-state index contributed by atoms with van der Waals surface area (Å²) in [5.74, 6) is 0.729. The van der Waals surface area contributed by atoms with E-state index in [1.165, 1.54) is 12.1 Å². The number of aliphatic hydroxyl groups is 1. The van der Waals surface area contributed by atoms with Crippen LogP contribution in [0.4, 0.5) is 11.4 Å². The third kappa shape index (κ3) is 2.69. The van der Waals surface area contributed by atoms with E-state index in [-0.39, 0.29) is 15.7 Å². The second-order valence-corrected chi connectivity index (χ2v) is 6.06. The van der Waals surface area contributed by atoms with Crippen molar-refractivity contribution in [2.75, 3.05) is 22.6 Å². The maximum absolute atomic E-state index is 12.0. The zero-order valence-electron chi connectivity index (χ0n) is 9.37. The van der Waals surface area contributed by atoms with Crippen molar-refractivity contribution in [3.8, 4) is 0 Å². The Morgan fingerprint density at radius 3 is 2.56 bits per heavy atom. The fraction of sp³-hybridized carbons (Fsp3) is 0.364. The molecule has 1 atom stereocenters. The van der Waals surface area contributed by atoms with Crippen LogP contribution in [-0.2, 0) is 4.79 Å². The topological polar surface area (TPSA) is 75.3 Å². The first-order valence-corrected chi connectivity index (χ1v) is 7.19. The van der Waals surface area contributed by atoms with Crippen molar-refractivity contribution in [1.29, 1.82) is 0 Å². The summed E-state index contributed by atoms with van der Waals surface area (Å²) in [7, 11) is 0. The van der Waals surface area contributed by atoms with Crippen molar-refractivity contribution in [2.24, 2.45) is 0 Å². The fourth-order valence-corrected chi connectivity index (χ4v) is 3.36. The van der Waals surface area contributed by atoms with Crippen LogP contribution in [0.1, 0.15) is 6.42 Å². The minimum Gasteiger partial charge on any atom is -0.396 e. The third-order valence-electron chi connectivity index (χ3n) is 2.76. The van der Waals surface area contributed by atoms with Gasteiger partial charge in [-0.2, -0.15) is 11.8 Å². The Bertz CT molecular complexity index is 467. The van der Waals surface area contributed by atoms with E-state index in [1.54, 1.807) is 11.8 Å². The predicted octanol–water partition coefficient (Wildman–Crippen LogP) is 2.38. The van der Waals surface area contributed by atoms with Gasteiger partial charge in [-0.1, -0.05) is 23.2 Å². The minimum atomic E-state index is -1.31. The summed E-state index contributed by atoms with van der Waals surface area (Å²) in [6.45, 7) is 0. The van der Waals surface area contributed by atoms with Gasteiger partial charge in [0.1, 0.15) is 0 Å². The molecule has 2 rings (SSSR count). The molecule has 0 aromatic heterocycles. The van der Waals surface area contributed by atoms with Crippen LogP contribution in [0, 0.1) is 0 Å². The van der Waals surface area contributed by atoms with E-state index in [0.717, 1.165) is 5.75 Å². The van der Waals surface area contributed by atoms with Crippen LogP contribution in [0.2, 0.25) is 10.0 Å². The zero-order chi connectivity index (χ0) is 13.3. The van der Waals surface area contributed by atoms with Gasteiger partial charge < -0.3 is 16.2 Å². The van der Waals surface area contributed by atoms with Crippen LogP contribution < -0.4 is 11.1 Å². The predicted molar refractivity (Wildman–Crippen MR) is 76.4 cm³/mol. The van der Waals surface area contributed by atoms with Gasteiger partial charge in [0.2, 0.25) is 0 Å². The standard InChI is InChI=1S/C11H12Cl2N2O2S/c12-7-3-6(4-8(13)9(7)14)15-10(16)11(17)1-2-18-5-11/h3-4,17H,1-2,5,14H2,(H,15,16). The Kier molecular flexibility index (Phi) is 3.96. The molecule has 4 N–H and O–H groups in total. The van der Waals surface area contributed by atoms with E-state index in [0.29, 0.717) is 17.9 Å². The van der Waals surface area contributed by atoms with Crippen LogP contribution >= 0.6 is 35.0 Å². The maximum atomic E-state index is 12.0. The molecule has 18 heavy (non-hydrogen) atoms. The minimum absolute atomic E-state index is 0.269. The molecule has 0 spiro atoms. The van der Waals surface area contributed by atoms with Crippen LogP contribution in [-0.4, -0.2) is 28.1 Å². The number of nitrogens with one attached hydrogen (secondary N) is 1. The van der Waals surface area contributed by atoms with Gasteiger partial charge in [0.25, 0.3) is 5.91 Å². The van der Waals surface area contributed by atoms with Gasteiger partial charge in [0.15, 0.2) is 5.60 Å². The van der Waals surface area contributed by atoms with Crippen molar-refractivity contribution >= 4 is 52.2 Å². The molecule has 1 saturated heterocycles. The Balaban J connectivity index is 2.17. The number of hydrogen-bond acceptors (Lipinski definition) is 4. The van der Waals surface area contributed by atoms with Gasteiger partial charge in [-0.25, -0.2) is 0 Å². The van der Waals surface area contributed by atoms with Crippen LogP contribution in [0.3, 0.4) is 0 Å². The molecule has 1 fully saturated rings. The molecule has 4 nitrogen and oxygen atoms in total. The lowest BCUT2D eigenvalue weighted by Gasteiger charge is -2.20. The van der Waals surface area contributed by atoms with Crippen molar-refractivity contribution < 1.29 is 9.90 Å². The number of rotatable bonds is 2. The number of carbonyl (C=O) groups excluding carboxylic acids is 1. The molecule has 0 bridgehead atoms. The summed E-state index contributed by atoms with van der Waals surface area (Å²) in [5.41, 5.74) is 4.98. The molecule has 1 aliphatic rings. The highest BCUT2D eigenvalue weighted by atomic mass is 35.5. The summed E-state index contributed by atoms with van der Waals surface area (Å²) in [6.07, 6.45) is 0.444. The van der Waals surface area contributed by atoms with Crippen LogP contribution in [0.5, 0.6) is 0 Å². The highest BCUT2D eigenvalue weighted by Gasteiger charge is 2.39. The second kappa shape index (κ2) is 5.17. The first-order valence-electron chi connectivity index (χ1n) is 5.28. The smallest absolute Gasteiger partial charge is 0.257 e. The number of benzene rings is 1. The van der Waals surface area contributed by atoms with Crippen molar-refractivity contribution in [1.82, 2.24) is 0 Å². The molecular formula is C11H12Cl2N2O2S. The number of carbonyl (C=O) groups is 1. The van der Waals surface area contributed by atoms with E-state index < -0.39 is 11.5 Å². The molecule has 1 aromatic carbocycles. The molecule has 98 valence electrons. The summed E-state index contributed by atoms with van der Waals surface area (Å²) in [4.78, 5) is 12.0. The highest BCUT2D eigenvalue weighted by molar-refractivity contribution is 7.99. The van der Waals surface area contributed by atoms with E-state index in [1.807, 2.05) is 0 Å². The quantitative estimate of drug-likeness (QED) is 0.733. The number of hydrogen-bond donors (Lipinski definition) is 3. The van der Waals surface area contributed by atoms with Gasteiger partial charge >= 0.3 is 0 Å². The first-order chi connectivity index (χ1) is 8.42. The summed E-state index contributed by atoms with van der Waals surface area (Å²) in [5, 5.41) is 13.2. The highest BCUT2D eigenvalue weighted by Crippen LogP contribution is 2.33. The van der Waals surface area contributed by atoms with Gasteiger partial charge in [-0.15, -0.1) is 0 Å². The van der Waals surface area contributed by atoms with Gasteiger partial charge in [0, 0.05) is 11.4 Å². The number of anilines is 2. The molecule has 1 aromatic rings. The summed E-state index contributed by atoms with van der Waals surface area (Å²) >= 11 is 13.3. The molecule has 0 saturated carbocycles. The molecule has 1 heterocycles. The average molecular weight is 307 g/mol. The second-order valence-electron chi connectivity index (χ2n) is 4.14. The van der Waals surface area contributed by atoms with Crippen LogP contribution in [0.15, 0.2) is 12.1 Å². The maximum Gasteiger partial charge on any atom is 0.257 e. The van der Waals surface area contributed by atoms with Gasteiger partial charge in [-0.05, 0) is 24.3 Å². The molecule has 1 unspecified atom stereocenters. The molecule has 1 aliphatic heterocycles. The van der Waals surface area contributed by atoms with Crippen LogP contribution in [0.25, 0.3) is 0 Å². The van der Waals surface area contributed by atoms with Crippen molar-refractivity contribution in [2.45, 2.75) is 12.0 Å². The van der Waals surface area contributed by atoms with E-state index in [2.05, 4.69) is 5.32 Å². The van der Waals surface area contributed by atoms with Crippen molar-refractivity contribution in [3.05, 3.63) is 22.2 Å². The average Bonchev–Trinajstić information content (AvgIpc) is 2.74. The number of halogens is 2. The number of nitrogens with two attached hydrogens (primary N) is 1. The molecule has 7 heteroatoms. The lowest BCUT2D eigenvalue weighted by Crippen LogP contribution is -2.42. The molecule has 0 radical (unpaired) electrons. The Morgan fingerprint density at radius 2 is 2.06 bits per heavy atom. The SMILES string of the molecule is Nc1c(Cl)cc(NC(=O)C2(O)CCSC2)cc1Cl. The van der Waals surface area contributed by atoms with E-state index >= 15 is 0 Å². The van der Waals surface area contributed by atoms with Gasteiger partial charge in [-0.3, -0.25) is 4.79 Å². The number of nitrogen functional groups attached to an aromatic ring is 1. The van der Waals surface area contributed by atoms with E-state index in [9.17, 15) is 9.90 Å². The van der Waals surface area contributed by atoms with E-state index in [4.69, 9.17) is 28.9 Å². The lowest BCUT2D eigenvalue weighted by molar-refractivity contribution is -0.131. The third-order valence-corrected chi connectivity index (χ3v) is 4.56. The Hall–Kier alpha value is -0.620. The molecule has 0 aliphatic carbocycles. The fourth-order valence-electron chi connectivity index (χ4n) is 1.64. The normalized spacial score (nSPS) is 23.1. The Labute approximate surface area is 119 Å².